The van der Waals surface area contributed by atoms with Crippen LogP contribution >= 0.6 is 34.5 Å². The number of nitrogens with zero attached hydrogens (tertiary/aromatic N) is 1. The molecule has 0 bridgehead atoms. The molecular formula is C14H9Cl2NO2S. The molecule has 0 aliphatic carbocycles. The van der Waals surface area contributed by atoms with Gasteiger partial charge in [-0.1, -0.05) is 23.2 Å². The lowest BCUT2D eigenvalue weighted by Crippen LogP contribution is -2.31. The molecule has 0 spiro atoms. The summed E-state index contributed by atoms with van der Waals surface area (Å²) in [5.41, 5.74) is 1.78. The number of benzene rings is 1. The molecule has 0 unspecified atom stereocenters. The highest BCUT2D eigenvalue weighted by Gasteiger charge is 2.38. The van der Waals surface area contributed by atoms with Gasteiger partial charge in [-0.2, -0.15) is 11.3 Å². The molecule has 0 radical (unpaired) electrons. The SMILES string of the molecule is O=C1C(=O)N(CCc2ccsc2)c2c(Cl)ccc(Cl)c21. The second kappa shape index (κ2) is 5.20. The summed E-state index contributed by atoms with van der Waals surface area (Å²) in [6.07, 6.45) is 0.671. The van der Waals surface area contributed by atoms with Crippen LogP contribution in [0.3, 0.4) is 0 Å². The maximum Gasteiger partial charge on any atom is 0.299 e. The minimum absolute atomic E-state index is 0.217. The highest BCUT2D eigenvalue weighted by Crippen LogP contribution is 2.39. The van der Waals surface area contributed by atoms with Crippen molar-refractivity contribution >= 4 is 51.9 Å². The number of carbonyl (C=O) groups is 2. The first kappa shape index (κ1) is 13.6. The fourth-order valence-electron chi connectivity index (χ4n) is 2.24. The first-order valence-corrected chi connectivity index (χ1v) is 7.64. The maximum atomic E-state index is 12.1. The number of hydrogen-bond acceptors (Lipinski definition) is 3. The number of rotatable bonds is 3. The Bertz CT molecular complexity index is 697. The largest absolute Gasteiger partial charge is 0.303 e. The Morgan fingerprint density at radius 2 is 1.85 bits per heavy atom. The second-order valence-electron chi connectivity index (χ2n) is 4.42. The molecule has 0 saturated heterocycles. The smallest absolute Gasteiger partial charge is 0.299 e. The first-order valence-electron chi connectivity index (χ1n) is 5.95. The van der Waals surface area contributed by atoms with Gasteiger partial charge in [0.25, 0.3) is 11.7 Å². The Balaban J connectivity index is 1.96. The van der Waals surface area contributed by atoms with E-state index in [-0.39, 0.29) is 10.6 Å². The first-order chi connectivity index (χ1) is 9.59. The summed E-state index contributed by atoms with van der Waals surface area (Å²) in [5.74, 6) is -1.15. The minimum Gasteiger partial charge on any atom is -0.303 e. The van der Waals surface area contributed by atoms with E-state index >= 15 is 0 Å². The molecule has 2 heterocycles. The molecule has 1 aliphatic rings. The molecular weight excluding hydrogens is 317 g/mol. The zero-order chi connectivity index (χ0) is 14.3. The summed E-state index contributed by atoms with van der Waals surface area (Å²) >= 11 is 13.7. The van der Waals surface area contributed by atoms with Gasteiger partial charge in [0.2, 0.25) is 0 Å². The van der Waals surface area contributed by atoms with Crippen LogP contribution in [-0.4, -0.2) is 18.2 Å². The summed E-state index contributed by atoms with van der Waals surface area (Å²) in [7, 11) is 0. The molecule has 3 nitrogen and oxygen atoms in total. The third kappa shape index (κ3) is 2.14. The van der Waals surface area contributed by atoms with Crippen molar-refractivity contribution in [1.82, 2.24) is 0 Å². The molecule has 3 rings (SSSR count). The predicted molar refractivity (Wildman–Crippen MR) is 81.2 cm³/mol. The lowest BCUT2D eigenvalue weighted by molar-refractivity contribution is -0.114. The summed E-state index contributed by atoms with van der Waals surface area (Å²) in [6.45, 7) is 0.411. The number of Topliss-reactive ketones (excluding diaryl/α,β-unsaturated/α-hetero) is 1. The summed E-state index contributed by atoms with van der Waals surface area (Å²) in [5, 5.41) is 4.63. The lowest BCUT2D eigenvalue weighted by Gasteiger charge is -2.17. The molecule has 0 atom stereocenters. The monoisotopic (exact) mass is 325 g/mol. The van der Waals surface area contributed by atoms with E-state index in [4.69, 9.17) is 23.2 Å². The number of ketones is 1. The molecule has 0 saturated carbocycles. The van der Waals surface area contributed by atoms with Gasteiger partial charge in [0.15, 0.2) is 0 Å². The Labute approximate surface area is 129 Å². The van der Waals surface area contributed by atoms with Crippen molar-refractivity contribution in [3.63, 3.8) is 0 Å². The average molecular weight is 326 g/mol. The molecule has 102 valence electrons. The average Bonchev–Trinajstić information content (AvgIpc) is 3.02. The summed E-state index contributed by atoms with van der Waals surface area (Å²) in [6, 6.07) is 5.13. The van der Waals surface area contributed by atoms with E-state index in [9.17, 15) is 9.59 Å². The number of anilines is 1. The highest BCUT2D eigenvalue weighted by atomic mass is 35.5. The van der Waals surface area contributed by atoms with Crippen LogP contribution in [0.15, 0.2) is 29.0 Å². The Morgan fingerprint density at radius 3 is 2.55 bits per heavy atom. The van der Waals surface area contributed by atoms with E-state index in [1.165, 1.54) is 11.0 Å². The van der Waals surface area contributed by atoms with Crippen molar-refractivity contribution in [3.8, 4) is 0 Å². The van der Waals surface area contributed by atoms with Crippen molar-refractivity contribution in [1.29, 1.82) is 0 Å². The second-order valence-corrected chi connectivity index (χ2v) is 6.01. The highest BCUT2D eigenvalue weighted by molar-refractivity contribution is 7.07. The van der Waals surface area contributed by atoms with E-state index in [0.717, 1.165) is 5.56 Å². The fourth-order valence-corrected chi connectivity index (χ4v) is 3.44. The Hall–Kier alpha value is -1.36. The van der Waals surface area contributed by atoms with E-state index in [1.54, 1.807) is 17.4 Å². The zero-order valence-electron chi connectivity index (χ0n) is 10.2. The van der Waals surface area contributed by atoms with Crippen LogP contribution in [0.2, 0.25) is 10.0 Å². The number of fused-ring (bicyclic) bond motifs is 1. The standard InChI is InChI=1S/C14H9Cl2NO2S/c15-9-1-2-10(16)12-11(9)13(18)14(19)17(12)5-3-8-4-6-20-7-8/h1-2,4,6-7H,3,5H2. The van der Waals surface area contributed by atoms with Crippen LogP contribution < -0.4 is 4.90 Å². The number of thiophene rings is 1. The topological polar surface area (TPSA) is 37.4 Å². The Kier molecular flexibility index (Phi) is 3.54. The molecule has 0 fully saturated rings. The van der Waals surface area contributed by atoms with Crippen molar-refractivity contribution < 1.29 is 9.59 Å². The predicted octanol–water partition coefficient (Wildman–Crippen LogP) is 3.83. The van der Waals surface area contributed by atoms with Crippen molar-refractivity contribution in [2.45, 2.75) is 6.42 Å². The number of amides is 1. The Morgan fingerprint density at radius 1 is 1.10 bits per heavy atom. The van der Waals surface area contributed by atoms with Gasteiger partial charge in [-0.3, -0.25) is 9.59 Å². The summed E-state index contributed by atoms with van der Waals surface area (Å²) in [4.78, 5) is 25.5. The summed E-state index contributed by atoms with van der Waals surface area (Å²) < 4.78 is 0. The third-order valence-corrected chi connectivity index (χ3v) is 4.57. The van der Waals surface area contributed by atoms with Gasteiger partial charge in [-0.15, -0.1) is 0 Å². The molecule has 1 aliphatic heterocycles. The molecule has 1 aromatic carbocycles. The van der Waals surface area contributed by atoms with Gasteiger partial charge in [-0.05, 0) is 40.9 Å². The fraction of sp³-hybridized carbons (Fsp3) is 0.143. The quantitative estimate of drug-likeness (QED) is 0.804. The van der Waals surface area contributed by atoms with Gasteiger partial charge in [0.1, 0.15) is 0 Å². The van der Waals surface area contributed by atoms with Gasteiger partial charge in [0, 0.05) is 6.54 Å². The van der Waals surface area contributed by atoms with E-state index < -0.39 is 11.7 Å². The lowest BCUT2D eigenvalue weighted by atomic mass is 10.1. The van der Waals surface area contributed by atoms with E-state index in [1.807, 2.05) is 16.8 Å². The van der Waals surface area contributed by atoms with Crippen LogP contribution in [0.25, 0.3) is 0 Å². The molecule has 2 aromatic rings. The van der Waals surface area contributed by atoms with Crippen molar-refractivity contribution in [2.75, 3.05) is 11.4 Å². The third-order valence-electron chi connectivity index (χ3n) is 3.22. The number of hydrogen-bond donors (Lipinski definition) is 0. The van der Waals surface area contributed by atoms with Gasteiger partial charge in [-0.25, -0.2) is 0 Å². The van der Waals surface area contributed by atoms with E-state index in [2.05, 4.69) is 0 Å². The number of halogens is 2. The van der Waals surface area contributed by atoms with Crippen molar-refractivity contribution in [3.05, 3.63) is 50.1 Å². The molecule has 6 heteroatoms. The van der Waals surface area contributed by atoms with Crippen LogP contribution in [0.5, 0.6) is 0 Å². The molecule has 1 aromatic heterocycles. The molecule has 0 N–H and O–H groups in total. The number of carbonyl (C=O) groups excluding carboxylic acids is 2. The normalized spacial score (nSPS) is 14.0. The molecule has 1 amide bonds. The minimum atomic E-state index is -0.585. The van der Waals surface area contributed by atoms with Gasteiger partial charge in [0.05, 0.1) is 21.3 Å². The van der Waals surface area contributed by atoms with Crippen LogP contribution in [0.1, 0.15) is 15.9 Å². The van der Waals surface area contributed by atoms with Crippen LogP contribution in [0, 0.1) is 0 Å². The van der Waals surface area contributed by atoms with E-state index in [0.29, 0.717) is 23.7 Å². The van der Waals surface area contributed by atoms with Crippen molar-refractivity contribution in [2.24, 2.45) is 0 Å². The van der Waals surface area contributed by atoms with Gasteiger partial charge < -0.3 is 4.90 Å². The zero-order valence-corrected chi connectivity index (χ0v) is 12.6. The van der Waals surface area contributed by atoms with Gasteiger partial charge >= 0.3 is 0 Å². The molecule has 20 heavy (non-hydrogen) atoms. The van der Waals surface area contributed by atoms with Crippen LogP contribution in [-0.2, 0) is 11.2 Å². The maximum absolute atomic E-state index is 12.1. The van der Waals surface area contributed by atoms with Crippen LogP contribution in [0.4, 0.5) is 5.69 Å².